The Balaban J connectivity index is 2.67. The van der Waals surface area contributed by atoms with E-state index in [1.54, 1.807) is 48.2 Å². The molecule has 0 aliphatic carbocycles. The predicted octanol–water partition coefficient (Wildman–Crippen LogP) is 2.01. The van der Waals surface area contributed by atoms with Crippen LogP contribution in [0.3, 0.4) is 0 Å². The van der Waals surface area contributed by atoms with Crippen molar-refractivity contribution < 1.29 is 9.59 Å². The molecule has 0 saturated carbocycles. The van der Waals surface area contributed by atoms with E-state index in [0.717, 1.165) is 0 Å². The second kappa shape index (κ2) is 7.94. The second-order valence-electron chi connectivity index (χ2n) is 4.38. The molecule has 0 aliphatic rings. The summed E-state index contributed by atoms with van der Waals surface area (Å²) in [6, 6.07) is 8.21. The average molecular weight is 272 g/mol. The number of hydrogen-bond acceptors (Lipinski definition) is 2. The lowest BCUT2D eigenvalue weighted by atomic mass is 10.2. The van der Waals surface area contributed by atoms with E-state index in [-0.39, 0.29) is 11.8 Å². The molecular weight excluding hydrogens is 252 g/mol. The zero-order valence-electron chi connectivity index (χ0n) is 11.7. The molecule has 0 fully saturated rings. The highest BCUT2D eigenvalue weighted by atomic mass is 16.2. The van der Waals surface area contributed by atoms with E-state index < -0.39 is 6.04 Å². The normalized spacial score (nSPS) is 11.2. The molecule has 0 aromatic heterocycles. The van der Waals surface area contributed by atoms with Crippen molar-refractivity contribution in [3.8, 4) is 0 Å². The Hall–Kier alpha value is -2.36. The van der Waals surface area contributed by atoms with Crippen LogP contribution in [0.4, 0.5) is 0 Å². The van der Waals surface area contributed by atoms with Crippen LogP contribution >= 0.6 is 0 Å². The molecule has 0 heterocycles. The maximum atomic E-state index is 12.2. The zero-order chi connectivity index (χ0) is 15.0. The second-order valence-corrected chi connectivity index (χ2v) is 4.38. The molecule has 1 N–H and O–H groups in total. The molecule has 0 spiro atoms. The monoisotopic (exact) mass is 272 g/mol. The molecule has 0 saturated heterocycles. The van der Waals surface area contributed by atoms with Gasteiger partial charge in [-0.25, -0.2) is 0 Å². The molecular formula is C16H20N2O2. The van der Waals surface area contributed by atoms with Crippen molar-refractivity contribution in [3.63, 3.8) is 0 Å². The van der Waals surface area contributed by atoms with Crippen LogP contribution in [0.5, 0.6) is 0 Å². The summed E-state index contributed by atoms with van der Waals surface area (Å²) in [7, 11) is 0. The fraction of sp³-hybridized carbons (Fsp3) is 0.250. The van der Waals surface area contributed by atoms with Gasteiger partial charge in [0.25, 0.3) is 5.91 Å². The van der Waals surface area contributed by atoms with E-state index in [1.807, 2.05) is 6.07 Å². The van der Waals surface area contributed by atoms with Gasteiger partial charge in [0.2, 0.25) is 5.91 Å². The molecule has 20 heavy (non-hydrogen) atoms. The van der Waals surface area contributed by atoms with Crippen LogP contribution in [0, 0.1) is 0 Å². The van der Waals surface area contributed by atoms with E-state index in [4.69, 9.17) is 0 Å². The fourth-order valence-electron chi connectivity index (χ4n) is 1.77. The third-order valence-electron chi connectivity index (χ3n) is 2.76. The van der Waals surface area contributed by atoms with Crippen molar-refractivity contribution >= 4 is 11.8 Å². The molecule has 2 amide bonds. The van der Waals surface area contributed by atoms with Crippen molar-refractivity contribution in [2.75, 3.05) is 13.1 Å². The molecule has 4 nitrogen and oxygen atoms in total. The highest BCUT2D eigenvalue weighted by Gasteiger charge is 2.20. The quantitative estimate of drug-likeness (QED) is 0.772. The summed E-state index contributed by atoms with van der Waals surface area (Å²) in [5, 5.41) is 2.69. The molecule has 4 heteroatoms. The Kier molecular flexibility index (Phi) is 6.23. The lowest BCUT2D eigenvalue weighted by Gasteiger charge is -2.23. The van der Waals surface area contributed by atoms with Gasteiger partial charge in [0, 0.05) is 18.7 Å². The standard InChI is InChI=1S/C16H20N2O2/c1-4-11-18(12-5-2)16(20)13(3)17-15(19)14-9-7-6-8-10-14/h4-10,13H,1-2,11-12H2,3H3,(H,17,19). The first kappa shape index (κ1) is 15.7. The van der Waals surface area contributed by atoms with Gasteiger partial charge in [-0.2, -0.15) is 0 Å². The minimum absolute atomic E-state index is 0.158. The molecule has 1 unspecified atom stereocenters. The summed E-state index contributed by atoms with van der Waals surface area (Å²) in [4.78, 5) is 25.8. The van der Waals surface area contributed by atoms with Gasteiger partial charge in [-0.05, 0) is 19.1 Å². The fourth-order valence-corrected chi connectivity index (χ4v) is 1.77. The lowest BCUT2D eigenvalue weighted by molar-refractivity contribution is -0.131. The first-order chi connectivity index (χ1) is 9.60. The van der Waals surface area contributed by atoms with E-state index in [1.165, 1.54) is 0 Å². The van der Waals surface area contributed by atoms with Crippen LogP contribution in [0.1, 0.15) is 17.3 Å². The number of amides is 2. The molecule has 106 valence electrons. The van der Waals surface area contributed by atoms with Crippen molar-refractivity contribution in [2.45, 2.75) is 13.0 Å². The number of hydrogen-bond donors (Lipinski definition) is 1. The Bertz CT molecular complexity index is 473. The Morgan fingerprint density at radius 2 is 1.75 bits per heavy atom. The summed E-state index contributed by atoms with van der Waals surface area (Å²) in [6.07, 6.45) is 3.29. The average Bonchev–Trinajstić information content (AvgIpc) is 2.47. The van der Waals surface area contributed by atoms with Gasteiger partial charge in [-0.3, -0.25) is 9.59 Å². The van der Waals surface area contributed by atoms with Crippen LogP contribution in [-0.4, -0.2) is 35.8 Å². The zero-order valence-corrected chi connectivity index (χ0v) is 11.7. The highest BCUT2D eigenvalue weighted by molar-refractivity contribution is 5.97. The number of nitrogens with one attached hydrogen (secondary N) is 1. The molecule has 0 bridgehead atoms. The van der Waals surface area contributed by atoms with Gasteiger partial charge in [0.1, 0.15) is 6.04 Å². The summed E-state index contributed by atoms with van der Waals surface area (Å²) in [5.74, 6) is -0.419. The summed E-state index contributed by atoms with van der Waals surface area (Å²) in [5.41, 5.74) is 0.533. The van der Waals surface area contributed by atoms with Crippen LogP contribution in [0.15, 0.2) is 55.6 Å². The van der Waals surface area contributed by atoms with Crippen molar-refractivity contribution in [3.05, 3.63) is 61.2 Å². The largest absolute Gasteiger partial charge is 0.341 e. The molecule has 1 aromatic carbocycles. The number of nitrogens with zero attached hydrogens (tertiary/aromatic N) is 1. The maximum Gasteiger partial charge on any atom is 0.251 e. The third kappa shape index (κ3) is 4.39. The van der Waals surface area contributed by atoms with Crippen molar-refractivity contribution in [2.24, 2.45) is 0 Å². The van der Waals surface area contributed by atoms with Crippen molar-refractivity contribution in [1.82, 2.24) is 10.2 Å². The SMILES string of the molecule is C=CCN(CC=C)C(=O)C(C)NC(=O)c1ccccc1. The van der Waals surface area contributed by atoms with Gasteiger partial charge in [0.05, 0.1) is 0 Å². The van der Waals surface area contributed by atoms with Gasteiger partial charge < -0.3 is 10.2 Å². The summed E-state index contributed by atoms with van der Waals surface area (Å²) in [6.45, 7) is 9.76. The number of benzene rings is 1. The summed E-state index contributed by atoms with van der Waals surface area (Å²) >= 11 is 0. The highest BCUT2D eigenvalue weighted by Crippen LogP contribution is 2.01. The Morgan fingerprint density at radius 1 is 1.20 bits per heavy atom. The van der Waals surface area contributed by atoms with Crippen LogP contribution in [0.2, 0.25) is 0 Å². The molecule has 1 rings (SSSR count). The van der Waals surface area contributed by atoms with Gasteiger partial charge >= 0.3 is 0 Å². The minimum atomic E-state index is -0.595. The number of carbonyl (C=O) groups excluding carboxylic acids is 2. The van der Waals surface area contributed by atoms with E-state index in [0.29, 0.717) is 18.7 Å². The van der Waals surface area contributed by atoms with Crippen LogP contribution < -0.4 is 5.32 Å². The van der Waals surface area contributed by atoms with E-state index >= 15 is 0 Å². The maximum absolute atomic E-state index is 12.2. The Morgan fingerprint density at radius 3 is 2.25 bits per heavy atom. The number of rotatable bonds is 7. The molecule has 0 aliphatic heterocycles. The molecule has 1 atom stereocenters. The Labute approximate surface area is 119 Å². The van der Waals surface area contributed by atoms with Gasteiger partial charge in [0.15, 0.2) is 0 Å². The third-order valence-corrected chi connectivity index (χ3v) is 2.76. The van der Waals surface area contributed by atoms with Crippen LogP contribution in [-0.2, 0) is 4.79 Å². The topological polar surface area (TPSA) is 49.4 Å². The van der Waals surface area contributed by atoms with Crippen molar-refractivity contribution in [1.29, 1.82) is 0 Å². The predicted molar refractivity (Wildman–Crippen MR) is 80.3 cm³/mol. The first-order valence-electron chi connectivity index (χ1n) is 6.46. The summed E-state index contributed by atoms with van der Waals surface area (Å²) < 4.78 is 0. The molecule has 0 radical (unpaired) electrons. The van der Waals surface area contributed by atoms with Gasteiger partial charge in [-0.1, -0.05) is 30.4 Å². The van der Waals surface area contributed by atoms with Gasteiger partial charge in [-0.15, -0.1) is 13.2 Å². The smallest absolute Gasteiger partial charge is 0.251 e. The minimum Gasteiger partial charge on any atom is -0.341 e. The molecule has 1 aromatic rings. The number of carbonyl (C=O) groups is 2. The van der Waals surface area contributed by atoms with E-state index in [2.05, 4.69) is 18.5 Å². The first-order valence-corrected chi connectivity index (χ1v) is 6.46. The van der Waals surface area contributed by atoms with Crippen LogP contribution in [0.25, 0.3) is 0 Å². The lowest BCUT2D eigenvalue weighted by Crippen LogP contribution is -2.47. The van der Waals surface area contributed by atoms with E-state index in [9.17, 15) is 9.59 Å².